The number of aryl methyl sites for hydroxylation is 1. The van der Waals surface area contributed by atoms with Gasteiger partial charge in [0.1, 0.15) is 5.56 Å². The van der Waals surface area contributed by atoms with Gasteiger partial charge in [-0.15, -0.1) is 0 Å². The van der Waals surface area contributed by atoms with Crippen molar-refractivity contribution in [3.8, 4) is 0 Å². The second-order valence-electron chi connectivity index (χ2n) is 6.24. The molecule has 7 nitrogen and oxygen atoms in total. The van der Waals surface area contributed by atoms with Crippen molar-refractivity contribution in [2.24, 2.45) is 5.92 Å². The molecule has 1 aromatic rings. The van der Waals surface area contributed by atoms with Crippen molar-refractivity contribution in [2.75, 3.05) is 6.61 Å². The lowest BCUT2D eigenvalue weighted by molar-refractivity contribution is -0.385. The Hall–Kier alpha value is -2.44. The highest BCUT2D eigenvalue weighted by Crippen LogP contribution is 2.23. The zero-order valence-electron chi connectivity index (χ0n) is 14.5. The molecule has 0 aromatic heterocycles. The van der Waals surface area contributed by atoms with Gasteiger partial charge in [0.25, 0.3) is 11.6 Å². The van der Waals surface area contributed by atoms with Crippen LogP contribution in [0, 0.1) is 23.0 Å². The van der Waals surface area contributed by atoms with Crippen molar-refractivity contribution in [2.45, 2.75) is 46.6 Å². The molecule has 0 aliphatic heterocycles. The molecule has 1 amide bonds. The fourth-order valence-corrected chi connectivity index (χ4v) is 2.25. The smallest absolute Gasteiger partial charge is 0.345 e. The maximum absolute atomic E-state index is 12.0. The fourth-order valence-electron chi connectivity index (χ4n) is 2.25. The SMILES string of the molecule is Cc1cccc(C(=O)OCC(=O)N[C@H](C)CCC(C)C)c1[N+](=O)[O-]. The summed E-state index contributed by atoms with van der Waals surface area (Å²) in [5.41, 5.74) is -0.0879. The third kappa shape index (κ3) is 5.98. The lowest BCUT2D eigenvalue weighted by Gasteiger charge is -2.15. The molecule has 0 fully saturated rings. The van der Waals surface area contributed by atoms with Crippen LogP contribution in [-0.4, -0.2) is 29.4 Å². The van der Waals surface area contributed by atoms with Crippen molar-refractivity contribution >= 4 is 17.6 Å². The molecule has 1 N–H and O–H groups in total. The highest BCUT2D eigenvalue weighted by molar-refractivity contribution is 5.95. The minimum absolute atomic E-state index is 0.0214. The Balaban J connectivity index is 2.59. The van der Waals surface area contributed by atoms with E-state index in [1.807, 2.05) is 6.92 Å². The van der Waals surface area contributed by atoms with Gasteiger partial charge in [-0.25, -0.2) is 4.79 Å². The number of ether oxygens (including phenoxy) is 1. The summed E-state index contributed by atoms with van der Waals surface area (Å²) in [6.45, 7) is 7.16. The molecule has 0 bridgehead atoms. The molecule has 0 heterocycles. The standard InChI is InChI=1S/C17H24N2O5/c1-11(2)8-9-13(4)18-15(20)10-24-17(21)14-7-5-6-12(3)16(14)19(22)23/h5-7,11,13H,8-10H2,1-4H3,(H,18,20)/t13-/m1/s1. The van der Waals surface area contributed by atoms with Crippen LogP contribution >= 0.6 is 0 Å². The van der Waals surface area contributed by atoms with Gasteiger partial charge < -0.3 is 10.1 Å². The van der Waals surface area contributed by atoms with Gasteiger partial charge in [0, 0.05) is 11.6 Å². The molecule has 0 aliphatic carbocycles. The second kappa shape index (κ2) is 9.00. The maximum Gasteiger partial charge on any atom is 0.345 e. The second-order valence-corrected chi connectivity index (χ2v) is 6.24. The Morgan fingerprint density at radius 1 is 1.25 bits per heavy atom. The number of nitro groups is 1. The van der Waals surface area contributed by atoms with Gasteiger partial charge in [-0.1, -0.05) is 26.0 Å². The van der Waals surface area contributed by atoms with Crippen LogP contribution in [0.5, 0.6) is 0 Å². The average Bonchev–Trinajstić information content (AvgIpc) is 2.49. The highest BCUT2D eigenvalue weighted by Gasteiger charge is 2.24. The number of rotatable bonds is 8. The summed E-state index contributed by atoms with van der Waals surface area (Å²) in [6.07, 6.45) is 1.82. The van der Waals surface area contributed by atoms with Gasteiger partial charge in [-0.05, 0) is 38.7 Å². The number of nitrogens with one attached hydrogen (secondary N) is 1. The summed E-state index contributed by atoms with van der Waals surface area (Å²) in [6, 6.07) is 4.37. The Labute approximate surface area is 141 Å². The molecule has 0 unspecified atom stereocenters. The monoisotopic (exact) mass is 336 g/mol. The number of benzene rings is 1. The van der Waals surface area contributed by atoms with E-state index in [1.54, 1.807) is 0 Å². The normalized spacial score (nSPS) is 11.9. The molecule has 0 aliphatic rings. The number of nitrogens with zero attached hydrogens (tertiary/aromatic N) is 1. The van der Waals surface area contributed by atoms with Gasteiger partial charge in [0.05, 0.1) is 4.92 Å². The first-order valence-corrected chi connectivity index (χ1v) is 7.92. The van der Waals surface area contributed by atoms with Crippen LogP contribution in [0.4, 0.5) is 5.69 Å². The van der Waals surface area contributed by atoms with Crippen molar-refractivity contribution in [3.63, 3.8) is 0 Å². The van der Waals surface area contributed by atoms with E-state index in [9.17, 15) is 19.7 Å². The molecule has 0 spiro atoms. The van der Waals surface area contributed by atoms with Crippen LogP contribution in [0.1, 0.15) is 49.5 Å². The molecule has 7 heteroatoms. The van der Waals surface area contributed by atoms with Crippen LogP contribution in [0.3, 0.4) is 0 Å². The first-order chi connectivity index (χ1) is 11.2. The van der Waals surface area contributed by atoms with E-state index in [1.165, 1.54) is 25.1 Å². The van der Waals surface area contributed by atoms with Gasteiger partial charge in [0.15, 0.2) is 6.61 Å². The summed E-state index contributed by atoms with van der Waals surface area (Å²) in [4.78, 5) is 34.3. The van der Waals surface area contributed by atoms with E-state index >= 15 is 0 Å². The lowest BCUT2D eigenvalue weighted by atomic mass is 10.0. The summed E-state index contributed by atoms with van der Waals surface area (Å²) in [5, 5.41) is 13.8. The number of hydrogen-bond acceptors (Lipinski definition) is 5. The van der Waals surface area contributed by atoms with E-state index in [0.717, 1.165) is 12.8 Å². The number of carbonyl (C=O) groups is 2. The minimum Gasteiger partial charge on any atom is -0.452 e. The van der Waals surface area contributed by atoms with Gasteiger partial charge in [-0.2, -0.15) is 0 Å². The van der Waals surface area contributed by atoms with Crippen LogP contribution in [0.25, 0.3) is 0 Å². The van der Waals surface area contributed by atoms with Crippen LogP contribution < -0.4 is 5.32 Å². The number of amides is 1. The number of carbonyl (C=O) groups excluding carboxylic acids is 2. The van der Waals surface area contributed by atoms with Gasteiger partial charge in [0.2, 0.25) is 0 Å². The molecule has 1 rings (SSSR count). The lowest BCUT2D eigenvalue weighted by Crippen LogP contribution is -2.36. The van der Waals surface area contributed by atoms with Gasteiger partial charge >= 0.3 is 5.97 Å². The summed E-state index contributed by atoms with van der Waals surface area (Å²) >= 11 is 0. The molecule has 24 heavy (non-hydrogen) atoms. The van der Waals surface area contributed by atoms with Crippen LogP contribution in [0.2, 0.25) is 0 Å². The van der Waals surface area contributed by atoms with Crippen LogP contribution in [-0.2, 0) is 9.53 Å². The molecule has 132 valence electrons. The molecular weight excluding hydrogens is 312 g/mol. The predicted molar refractivity (Wildman–Crippen MR) is 89.8 cm³/mol. The first kappa shape index (κ1) is 19.6. The maximum atomic E-state index is 12.0. The van der Waals surface area contributed by atoms with E-state index in [2.05, 4.69) is 19.2 Å². The molecule has 1 atom stereocenters. The molecule has 1 aromatic carbocycles. The molecule has 0 saturated heterocycles. The van der Waals surface area contributed by atoms with E-state index in [-0.39, 0.29) is 17.3 Å². The zero-order valence-corrected chi connectivity index (χ0v) is 14.5. The van der Waals surface area contributed by atoms with Crippen molar-refractivity contribution in [1.82, 2.24) is 5.32 Å². The van der Waals surface area contributed by atoms with Gasteiger partial charge in [-0.3, -0.25) is 14.9 Å². The van der Waals surface area contributed by atoms with E-state index in [4.69, 9.17) is 4.74 Å². The van der Waals surface area contributed by atoms with Crippen molar-refractivity contribution in [3.05, 3.63) is 39.4 Å². The average molecular weight is 336 g/mol. The Bertz CT molecular complexity index is 613. The Morgan fingerprint density at radius 2 is 1.92 bits per heavy atom. The van der Waals surface area contributed by atoms with Crippen molar-refractivity contribution < 1.29 is 19.2 Å². The number of nitro benzene ring substituents is 1. The zero-order chi connectivity index (χ0) is 18.3. The number of para-hydroxylation sites is 1. The quantitative estimate of drug-likeness (QED) is 0.447. The minimum atomic E-state index is -0.879. The van der Waals surface area contributed by atoms with Crippen LogP contribution in [0.15, 0.2) is 18.2 Å². The molecule has 0 radical (unpaired) electrons. The Morgan fingerprint density at radius 3 is 2.50 bits per heavy atom. The number of hydrogen-bond donors (Lipinski definition) is 1. The van der Waals surface area contributed by atoms with Crippen molar-refractivity contribution in [1.29, 1.82) is 0 Å². The third-order valence-electron chi connectivity index (χ3n) is 3.56. The summed E-state index contributed by atoms with van der Waals surface area (Å²) < 4.78 is 4.91. The summed E-state index contributed by atoms with van der Waals surface area (Å²) in [7, 11) is 0. The van der Waals surface area contributed by atoms with E-state index < -0.39 is 23.4 Å². The number of esters is 1. The fraction of sp³-hybridized carbons (Fsp3) is 0.529. The highest BCUT2D eigenvalue weighted by atomic mass is 16.6. The first-order valence-electron chi connectivity index (χ1n) is 7.92. The Kier molecular flexibility index (Phi) is 7.35. The molecule has 0 saturated carbocycles. The largest absolute Gasteiger partial charge is 0.452 e. The molecular formula is C17H24N2O5. The summed E-state index contributed by atoms with van der Waals surface area (Å²) in [5.74, 6) is -0.755. The topological polar surface area (TPSA) is 98.5 Å². The van der Waals surface area contributed by atoms with E-state index in [0.29, 0.717) is 11.5 Å². The predicted octanol–water partition coefficient (Wildman–Crippen LogP) is 3.00. The third-order valence-corrected chi connectivity index (χ3v) is 3.56.